The summed E-state index contributed by atoms with van der Waals surface area (Å²) >= 11 is 0. The SMILES string of the molecule is CCC(C)C1NC(=O)C(C(C)O)NC(=O)CNC(=O)C(CC(=O)O)NC(=O)CNC(=O)C(CC(=O)O)NC(=O)CNC(=O)C2CCCCN2C(=O)C(NC(=O)C(CC(=O)O)NC(=O)/C=C/CCCCCCCCC(C)C)CNC(=O)C2CCCN2C1=O. The van der Waals surface area contributed by atoms with E-state index in [0.717, 1.165) is 62.8 Å². The summed E-state index contributed by atoms with van der Waals surface area (Å²) in [5.41, 5.74) is 0. The third-order valence-corrected chi connectivity index (χ3v) is 14.9. The van der Waals surface area contributed by atoms with Crippen molar-refractivity contribution in [2.24, 2.45) is 11.8 Å². The zero-order valence-electron chi connectivity index (χ0n) is 50.1. The number of fused-ring (bicyclic) bond motifs is 2. The molecule has 0 saturated carbocycles. The van der Waals surface area contributed by atoms with E-state index in [1.807, 2.05) is 0 Å². The number of amides is 12. The van der Waals surface area contributed by atoms with Crippen LogP contribution in [0, 0.1) is 11.8 Å². The second kappa shape index (κ2) is 37.3. The van der Waals surface area contributed by atoms with E-state index in [0.29, 0.717) is 25.2 Å². The summed E-state index contributed by atoms with van der Waals surface area (Å²) in [6, 6.07) is -13.2. The summed E-state index contributed by atoms with van der Waals surface area (Å²) in [6.45, 7) is 5.02. The van der Waals surface area contributed by atoms with Crippen LogP contribution in [0.1, 0.15) is 144 Å². The minimum Gasteiger partial charge on any atom is -0.481 e. The van der Waals surface area contributed by atoms with Crippen LogP contribution in [0.25, 0.3) is 0 Å². The maximum absolute atomic E-state index is 14.8. The van der Waals surface area contributed by atoms with Gasteiger partial charge < -0.3 is 83.4 Å². The Labute approximate surface area is 504 Å². The molecule has 0 spiro atoms. The van der Waals surface area contributed by atoms with Crippen LogP contribution in [0.3, 0.4) is 0 Å². The highest BCUT2D eigenvalue weighted by Gasteiger charge is 2.43. The molecule has 12 amide bonds. The van der Waals surface area contributed by atoms with Gasteiger partial charge in [-0.3, -0.25) is 71.9 Å². The number of aliphatic hydroxyl groups is 1. The number of nitrogens with one attached hydrogen (secondary N) is 10. The number of allylic oxidation sites excluding steroid dienone is 1. The van der Waals surface area contributed by atoms with E-state index in [2.05, 4.69) is 67.0 Å². The van der Waals surface area contributed by atoms with Gasteiger partial charge in [0, 0.05) is 19.6 Å². The number of carbonyl (C=O) groups excluding carboxylic acids is 12. The highest BCUT2D eigenvalue weighted by atomic mass is 16.4. The van der Waals surface area contributed by atoms with Crippen LogP contribution in [0.2, 0.25) is 0 Å². The number of piperidine rings is 1. The topological polar surface area (TPSA) is 464 Å². The van der Waals surface area contributed by atoms with Crippen molar-refractivity contribution in [2.45, 2.75) is 198 Å². The number of aliphatic hydroxyl groups excluding tert-OH is 1. The van der Waals surface area contributed by atoms with E-state index >= 15 is 0 Å². The van der Waals surface area contributed by atoms with Gasteiger partial charge in [0.05, 0.1) is 45.0 Å². The fourth-order valence-electron chi connectivity index (χ4n) is 9.94. The Morgan fingerprint density at radius 2 is 1.09 bits per heavy atom. The normalized spacial score (nSPS) is 24.2. The van der Waals surface area contributed by atoms with Crippen molar-refractivity contribution in [1.82, 2.24) is 63.0 Å². The minimum atomic E-state index is -1.90. The van der Waals surface area contributed by atoms with E-state index in [1.54, 1.807) is 19.9 Å². The maximum atomic E-state index is 14.8. The average Bonchev–Trinajstić information content (AvgIpc) is 4.23. The lowest BCUT2D eigenvalue weighted by Gasteiger charge is -2.37. The van der Waals surface area contributed by atoms with Crippen molar-refractivity contribution in [3.05, 3.63) is 12.2 Å². The highest BCUT2D eigenvalue weighted by molar-refractivity contribution is 6.00. The number of rotatable bonds is 22. The Bertz CT molecular complexity index is 2510. The fourth-order valence-corrected chi connectivity index (χ4v) is 9.94. The molecule has 31 heteroatoms. The summed E-state index contributed by atoms with van der Waals surface area (Å²) in [5, 5.41) is 62.4. The first-order chi connectivity index (χ1) is 41.1. The van der Waals surface area contributed by atoms with Gasteiger partial charge in [-0.05, 0) is 69.8 Å². The molecule has 0 aromatic carbocycles. The van der Waals surface area contributed by atoms with Crippen molar-refractivity contribution in [1.29, 1.82) is 0 Å². The first-order valence-electron chi connectivity index (χ1n) is 29.6. The molecule has 3 fully saturated rings. The minimum absolute atomic E-state index is 0.0163. The summed E-state index contributed by atoms with van der Waals surface area (Å²) in [7, 11) is 0. The van der Waals surface area contributed by atoms with Crippen LogP contribution < -0.4 is 53.2 Å². The second-order valence-electron chi connectivity index (χ2n) is 22.4. The molecule has 0 aliphatic carbocycles. The molecule has 0 aromatic rings. The van der Waals surface area contributed by atoms with Gasteiger partial charge >= 0.3 is 17.9 Å². The molecule has 87 heavy (non-hydrogen) atoms. The monoisotopic (exact) mass is 1230 g/mol. The molecule has 0 aromatic heterocycles. The lowest BCUT2D eigenvalue weighted by atomic mass is 9.96. The van der Waals surface area contributed by atoms with Gasteiger partial charge in [0.1, 0.15) is 48.3 Å². The van der Waals surface area contributed by atoms with Gasteiger partial charge in [-0.2, -0.15) is 0 Å². The van der Waals surface area contributed by atoms with Crippen molar-refractivity contribution in [2.75, 3.05) is 39.3 Å². The number of carbonyl (C=O) groups is 15. The second-order valence-corrected chi connectivity index (χ2v) is 22.4. The average molecular weight is 1230 g/mol. The van der Waals surface area contributed by atoms with Crippen molar-refractivity contribution in [3.63, 3.8) is 0 Å². The molecule has 3 rings (SSSR count). The molecular formula is C56H88N12O19. The Morgan fingerprint density at radius 3 is 1.63 bits per heavy atom. The number of carboxylic acid groups (broad SMARTS) is 3. The highest BCUT2D eigenvalue weighted by Crippen LogP contribution is 2.23. The number of nitrogens with zero attached hydrogens (tertiary/aromatic N) is 2. The molecule has 14 N–H and O–H groups in total. The Kier molecular flexibility index (Phi) is 31.3. The summed E-state index contributed by atoms with van der Waals surface area (Å²) in [6.07, 6.45) is 7.00. The molecule has 3 aliphatic heterocycles. The van der Waals surface area contributed by atoms with Crippen LogP contribution in [-0.4, -0.2) is 213 Å². The maximum Gasteiger partial charge on any atom is 0.305 e. The number of aliphatic carboxylic acids is 3. The third kappa shape index (κ3) is 25.7. The fraction of sp³-hybridized carbons (Fsp3) is 0.696. The van der Waals surface area contributed by atoms with Gasteiger partial charge in [-0.25, -0.2) is 0 Å². The van der Waals surface area contributed by atoms with E-state index in [1.165, 1.54) is 4.90 Å². The van der Waals surface area contributed by atoms with Gasteiger partial charge in [0.25, 0.3) is 0 Å². The molecule has 0 radical (unpaired) electrons. The van der Waals surface area contributed by atoms with E-state index < -0.39 is 195 Å². The van der Waals surface area contributed by atoms with Crippen LogP contribution in [0.5, 0.6) is 0 Å². The zero-order chi connectivity index (χ0) is 64.9. The number of hydrogen-bond acceptors (Lipinski definition) is 16. The number of unbranched alkanes of at least 4 members (excludes halogenated alkanes) is 6. The predicted molar refractivity (Wildman–Crippen MR) is 307 cm³/mol. The van der Waals surface area contributed by atoms with Gasteiger partial charge in [0.15, 0.2) is 0 Å². The summed E-state index contributed by atoms with van der Waals surface area (Å²) in [5.74, 6) is -17.3. The van der Waals surface area contributed by atoms with E-state index in [9.17, 15) is 92.3 Å². The Morgan fingerprint density at radius 1 is 0.586 bits per heavy atom. The zero-order valence-corrected chi connectivity index (χ0v) is 50.1. The molecule has 3 aliphatic rings. The predicted octanol–water partition coefficient (Wildman–Crippen LogP) is -3.07. The summed E-state index contributed by atoms with van der Waals surface area (Å²) < 4.78 is 0. The molecule has 10 atom stereocenters. The lowest BCUT2D eigenvalue weighted by molar-refractivity contribution is -0.146. The van der Waals surface area contributed by atoms with E-state index in [4.69, 9.17) is 0 Å². The van der Waals surface area contributed by atoms with Crippen LogP contribution in [0.4, 0.5) is 0 Å². The van der Waals surface area contributed by atoms with Crippen LogP contribution in [0.15, 0.2) is 12.2 Å². The molecule has 0 bridgehead atoms. The first kappa shape index (κ1) is 73.0. The van der Waals surface area contributed by atoms with E-state index in [-0.39, 0.29) is 38.8 Å². The molecule has 3 saturated heterocycles. The van der Waals surface area contributed by atoms with Gasteiger partial charge in [-0.15, -0.1) is 0 Å². The van der Waals surface area contributed by atoms with Gasteiger partial charge in [0.2, 0.25) is 70.9 Å². The largest absolute Gasteiger partial charge is 0.481 e. The molecule has 31 nitrogen and oxygen atoms in total. The molecule has 3 heterocycles. The van der Waals surface area contributed by atoms with Crippen molar-refractivity contribution in [3.8, 4) is 0 Å². The standard InChI is InChI=1S/C56H88N12O19/c1-6-32(4)47-56(87)68-23-17-20-39(68)52(83)57-27-37(64-51(82)36(26-46(78)79)61-40(70)21-14-12-10-8-7-9-11-13-18-31(2)3)55(86)67-22-16-15-19-38(67)53(84)60-29-42(72)63-34(24-44(74)75)49(80)58-28-41(71)62-35(25-45(76)77)50(81)59-30-43(73)65-48(33(5)69)54(85)66-47/h14,21,31-39,47-48,69H,6-13,15-20,22-30H2,1-5H3,(H,57,83)(H,58,80)(H,59,81)(H,60,84)(H,61,70)(H,62,71)(H,63,72)(H,64,82)(H,65,73)(H,66,85)(H,74,75)(H,76,77)(H,78,79)/b21-14+. The third-order valence-electron chi connectivity index (χ3n) is 14.9. The van der Waals surface area contributed by atoms with Crippen molar-refractivity contribution >= 4 is 88.8 Å². The van der Waals surface area contributed by atoms with Crippen molar-refractivity contribution < 1.29 is 92.3 Å². The smallest absolute Gasteiger partial charge is 0.305 e. The molecular weight excluding hydrogens is 1140 g/mol. The molecule has 486 valence electrons. The quantitative estimate of drug-likeness (QED) is 0.0378. The Balaban J connectivity index is 2.03. The van der Waals surface area contributed by atoms with Gasteiger partial charge in [-0.1, -0.05) is 78.7 Å². The summed E-state index contributed by atoms with van der Waals surface area (Å²) in [4.78, 5) is 202. The number of carboxylic acids is 3. The van der Waals surface area contributed by atoms with Crippen LogP contribution >= 0.6 is 0 Å². The lowest BCUT2D eigenvalue weighted by Crippen LogP contribution is -2.63. The van der Waals surface area contributed by atoms with Crippen LogP contribution in [-0.2, 0) is 71.9 Å². The Hall–Kier alpha value is -8.25. The number of hydrogen-bond donors (Lipinski definition) is 14. The molecule has 10 unspecified atom stereocenters. The first-order valence-corrected chi connectivity index (χ1v) is 29.6.